The molecule has 0 aliphatic heterocycles. The number of amides is 1. The molecule has 0 radical (unpaired) electrons. The van der Waals surface area contributed by atoms with Crippen LogP contribution >= 0.6 is 0 Å². The van der Waals surface area contributed by atoms with E-state index in [-0.39, 0.29) is 11.3 Å². The Bertz CT molecular complexity index is 800. The number of hydrogen-bond acceptors (Lipinski definition) is 4. The van der Waals surface area contributed by atoms with E-state index in [0.29, 0.717) is 5.69 Å². The van der Waals surface area contributed by atoms with E-state index in [0.717, 1.165) is 24.3 Å². The zero-order valence-electron chi connectivity index (χ0n) is 14.4. The van der Waals surface area contributed by atoms with Crippen LogP contribution in [0.15, 0.2) is 54.1 Å². The molecule has 0 aliphatic rings. The van der Waals surface area contributed by atoms with Gasteiger partial charge in [-0.2, -0.15) is 5.26 Å². The highest BCUT2D eigenvalue weighted by atomic mass is 16.3. The minimum atomic E-state index is -0.513. The summed E-state index contributed by atoms with van der Waals surface area (Å²) in [6, 6.07) is 15.8. The first-order valence-electron chi connectivity index (χ1n) is 8.14. The lowest BCUT2D eigenvalue weighted by atomic mass is 10.1. The van der Waals surface area contributed by atoms with Gasteiger partial charge in [-0.1, -0.05) is 18.2 Å². The summed E-state index contributed by atoms with van der Waals surface area (Å²) in [5.74, 6) is -0.465. The molecule has 0 spiro atoms. The van der Waals surface area contributed by atoms with Crippen LogP contribution in [0.5, 0.6) is 5.75 Å². The van der Waals surface area contributed by atoms with E-state index >= 15 is 0 Å². The third kappa shape index (κ3) is 4.85. The molecule has 0 bridgehead atoms. The fourth-order valence-corrected chi connectivity index (χ4v) is 2.47. The smallest absolute Gasteiger partial charge is 0.266 e. The number of hydrogen-bond donors (Lipinski definition) is 2. The number of carbonyl (C=O) groups is 1. The van der Waals surface area contributed by atoms with Crippen molar-refractivity contribution in [1.29, 1.82) is 5.26 Å². The molecule has 0 unspecified atom stereocenters. The summed E-state index contributed by atoms with van der Waals surface area (Å²) in [5.41, 5.74) is 2.31. The Hall–Kier alpha value is -3.26. The molecule has 0 atom stereocenters. The van der Waals surface area contributed by atoms with Gasteiger partial charge in [-0.15, -0.1) is 0 Å². The lowest BCUT2D eigenvalue weighted by Crippen LogP contribution is -2.21. The van der Waals surface area contributed by atoms with Crippen molar-refractivity contribution in [3.63, 3.8) is 0 Å². The highest BCUT2D eigenvalue weighted by Crippen LogP contribution is 2.18. The van der Waals surface area contributed by atoms with Crippen LogP contribution in [0.2, 0.25) is 0 Å². The highest BCUT2D eigenvalue weighted by Gasteiger charge is 2.10. The topological polar surface area (TPSA) is 76.4 Å². The molecule has 25 heavy (non-hydrogen) atoms. The van der Waals surface area contributed by atoms with Crippen LogP contribution in [-0.4, -0.2) is 24.1 Å². The highest BCUT2D eigenvalue weighted by molar-refractivity contribution is 6.09. The van der Waals surface area contributed by atoms with Gasteiger partial charge in [0.05, 0.1) is 0 Å². The first-order valence-corrected chi connectivity index (χ1v) is 8.14. The van der Waals surface area contributed by atoms with Crippen molar-refractivity contribution in [3.05, 3.63) is 59.7 Å². The van der Waals surface area contributed by atoms with Gasteiger partial charge in [-0.05, 0) is 49.8 Å². The Morgan fingerprint density at radius 2 is 1.88 bits per heavy atom. The van der Waals surface area contributed by atoms with Crippen LogP contribution in [-0.2, 0) is 4.79 Å². The van der Waals surface area contributed by atoms with E-state index in [9.17, 15) is 15.2 Å². The van der Waals surface area contributed by atoms with Crippen LogP contribution in [0, 0.1) is 11.3 Å². The maximum atomic E-state index is 12.2. The SMILES string of the molecule is CCN(CC)c1ccc(C=C(C#N)C(=O)Nc2cccc(O)c2)cc1. The van der Waals surface area contributed by atoms with Crippen molar-refractivity contribution >= 4 is 23.4 Å². The predicted octanol–water partition coefficient (Wildman–Crippen LogP) is 3.78. The van der Waals surface area contributed by atoms with E-state index in [2.05, 4.69) is 24.1 Å². The maximum absolute atomic E-state index is 12.2. The molecular weight excluding hydrogens is 314 g/mol. The summed E-state index contributed by atoms with van der Waals surface area (Å²) in [6.07, 6.45) is 1.55. The minimum absolute atomic E-state index is 0.000989. The number of nitriles is 1. The van der Waals surface area contributed by atoms with Gasteiger partial charge in [0.25, 0.3) is 5.91 Å². The van der Waals surface area contributed by atoms with Crippen LogP contribution in [0.1, 0.15) is 19.4 Å². The molecular formula is C20H21N3O2. The molecule has 5 heteroatoms. The number of rotatable bonds is 6. The second kappa shape index (κ2) is 8.55. The largest absolute Gasteiger partial charge is 0.508 e. The van der Waals surface area contributed by atoms with Gasteiger partial charge in [0.1, 0.15) is 17.4 Å². The quantitative estimate of drug-likeness (QED) is 0.622. The predicted molar refractivity (Wildman–Crippen MR) is 100 cm³/mol. The molecule has 0 saturated heterocycles. The summed E-state index contributed by atoms with van der Waals surface area (Å²) in [4.78, 5) is 14.5. The van der Waals surface area contributed by atoms with Gasteiger partial charge >= 0.3 is 0 Å². The molecule has 5 nitrogen and oxygen atoms in total. The summed E-state index contributed by atoms with van der Waals surface area (Å²) in [5, 5.41) is 21.3. The van der Waals surface area contributed by atoms with E-state index in [4.69, 9.17) is 0 Å². The first kappa shape index (κ1) is 18.1. The third-order valence-electron chi connectivity index (χ3n) is 3.80. The average Bonchev–Trinajstić information content (AvgIpc) is 2.62. The maximum Gasteiger partial charge on any atom is 0.266 e. The Kier molecular flexibility index (Phi) is 6.19. The molecule has 0 saturated carbocycles. The van der Waals surface area contributed by atoms with E-state index in [1.165, 1.54) is 12.1 Å². The van der Waals surface area contributed by atoms with Crippen LogP contribution < -0.4 is 10.2 Å². The molecule has 0 aromatic heterocycles. The number of carbonyl (C=O) groups excluding carboxylic acids is 1. The average molecular weight is 335 g/mol. The normalized spacial score (nSPS) is 10.8. The molecule has 128 valence electrons. The van der Waals surface area contributed by atoms with Gasteiger partial charge in [-0.3, -0.25) is 4.79 Å². The Labute approximate surface area is 147 Å². The second-order valence-electron chi connectivity index (χ2n) is 5.44. The van der Waals surface area contributed by atoms with Crippen molar-refractivity contribution in [2.75, 3.05) is 23.3 Å². The minimum Gasteiger partial charge on any atom is -0.508 e. The number of anilines is 2. The van der Waals surface area contributed by atoms with Gasteiger partial charge in [0.15, 0.2) is 0 Å². The Balaban J connectivity index is 2.16. The molecule has 0 fully saturated rings. The van der Waals surface area contributed by atoms with E-state index in [1.807, 2.05) is 30.3 Å². The summed E-state index contributed by atoms with van der Waals surface area (Å²) in [6.45, 7) is 6.02. The third-order valence-corrected chi connectivity index (χ3v) is 3.80. The summed E-state index contributed by atoms with van der Waals surface area (Å²) in [7, 11) is 0. The fourth-order valence-electron chi connectivity index (χ4n) is 2.47. The van der Waals surface area contributed by atoms with Crippen LogP contribution in [0.3, 0.4) is 0 Å². The number of aromatic hydroxyl groups is 1. The number of phenolic OH excluding ortho intramolecular Hbond substituents is 1. The first-order chi connectivity index (χ1) is 12.1. The molecule has 0 heterocycles. The number of phenols is 1. The lowest BCUT2D eigenvalue weighted by Gasteiger charge is -2.20. The van der Waals surface area contributed by atoms with Crippen LogP contribution in [0.4, 0.5) is 11.4 Å². The molecule has 2 rings (SSSR count). The number of nitrogens with zero attached hydrogens (tertiary/aromatic N) is 2. The van der Waals surface area contributed by atoms with Crippen LogP contribution in [0.25, 0.3) is 6.08 Å². The van der Waals surface area contributed by atoms with E-state index in [1.54, 1.807) is 18.2 Å². The monoisotopic (exact) mass is 335 g/mol. The molecule has 1 amide bonds. The van der Waals surface area contributed by atoms with Crippen molar-refractivity contribution in [3.8, 4) is 11.8 Å². The summed E-state index contributed by atoms with van der Waals surface area (Å²) < 4.78 is 0. The van der Waals surface area contributed by atoms with Crippen molar-refractivity contribution in [1.82, 2.24) is 0 Å². The Morgan fingerprint density at radius 1 is 1.20 bits per heavy atom. The van der Waals surface area contributed by atoms with E-state index < -0.39 is 5.91 Å². The van der Waals surface area contributed by atoms with Gasteiger partial charge < -0.3 is 15.3 Å². The van der Waals surface area contributed by atoms with Crippen molar-refractivity contribution in [2.45, 2.75) is 13.8 Å². The fraction of sp³-hybridized carbons (Fsp3) is 0.200. The molecule has 0 aliphatic carbocycles. The number of benzene rings is 2. The lowest BCUT2D eigenvalue weighted by molar-refractivity contribution is -0.112. The van der Waals surface area contributed by atoms with Crippen molar-refractivity contribution < 1.29 is 9.90 Å². The molecule has 2 aromatic carbocycles. The molecule has 2 aromatic rings. The van der Waals surface area contributed by atoms with Gasteiger partial charge in [-0.25, -0.2) is 0 Å². The van der Waals surface area contributed by atoms with Gasteiger partial charge in [0.2, 0.25) is 0 Å². The number of nitrogens with one attached hydrogen (secondary N) is 1. The van der Waals surface area contributed by atoms with Gasteiger partial charge in [0, 0.05) is 30.5 Å². The standard InChI is InChI=1S/C20H21N3O2/c1-3-23(4-2)18-10-8-15(9-11-18)12-16(14-21)20(25)22-17-6-5-7-19(24)13-17/h5-13,24H,3-4H2,1-2H3,(H,22,25). The zero-order chi connectivity index (χ0) is 18.2. The van der Waals surface area contributed by atoms with Crippen molar-refractivity contribution in [2.24, 2.45) is 0 Å². The summed E-state index contributed by atoms with van der Waals surface area (Å²) >= 11 is 0. The second-order valence-corrected chi connectivity index (χ2v) is 5.44. The molecule has 2 N–H and O–H groups in total. The zero-order valence-corrected chi connectivity index (χ0v) is 14.4. The Morgan fingerprint density at radius 3 is 2.44 bits per heavy atom.